The second kappa shape index (κ2) is 5.51. The molecule has 1 atom stereocenters. The first kappa shape index (κ1) is 13.1. The Morgan fingerprint density at radius 2 is 2.29 bits per heavy atom. The molecule has 2 nitrogen and oxygen atoms in total. The van der Waals surface area contributed by atoms with E-state index in [0.29, 0.717) is 6.04 Å². The van der Waals surface area contributed by atoms with Crippen molar-refractivity contribution in [3.05, 3.63) is 21.9 Å². The average Bonchev–Trinajstić information content (AvgIpc) is 2.69. The van der Waals surface area contributed by atoms with E-state index in [0.717, 1.165) is 13.0 Å². The van der Waals surface area contributed by atoms with Crippen LogP contribution in [0.1, 0.15) is 49.1 Å². The van der Waals surface area contributed by atoms with Crippen LogP contribution in [0, 0.1) is 6.92 Å². The van der Waals surface area contributed by atoms with E-state index < -0.39 is 0 Å². The lowest BCUT2D eigenvalue weighted by Gasteiger charge is -2.43. The molecule has 0 aromatic carbocycles. The molecule has 0 aliphatic heterocycles. The second-order valence-corrected chi connectivity index (χ2v) is 6.16. The van der Waals surface area contributed by atoms with Crippen molar-refractivity contribution in [3.8, 4) is 0 Å². The van der Waals surface area contributed by atoms with Gasteiger partial charge in [0.05, 0.1) is 5.60 Å². The molecule has 1 aliphatic carbocycles. The Hall–Kier alpha value is -0.380. The highest BCUT2D eigenvalue weighted by atomic mass is 32.1. The molecule has 0 spiro atoms. The third-order valence-corrected chi connectivity index (χ3v) is 4.76. The van der Waals surface area contributed by atoms with E-state index in [9.17, 15) is 0 Å². The van der Waals surface area contributed by atoms with Gasteiger partial charge in [-0.3, -0.25) is 0 Å². The first-order chi connectivity index (χ1) is 8.19. The molecule has 0 radical (unpaired) electrons. The summed E-state index contributed by atoms with van der Waals surface area (Å²) in [6.07, 6.45) is 4.85. The van der Waals surface area contributed by atoms with Crippen molar-refractivity contribution in [2.24, 2.45) is 0 Å². The zero-order valence-corrected chi connectivity index (χ0v) is 11.9. The fourth-order valence-electron chi connectivity index (χ4n) is 2.64. The van der Waals surface area contributed by atoms with Gasteiger partial charge in [-0.05, 0) is 56.2 Å². The topological polar surface area (TPSA) is 21.3 Å². The monoisotopic (exact) mass is 253 g/mol. The van der Waals surface area contributed by atoms with E-state index in [2.05, 4.69) is 30.6 Å². The van der Waals surface area contributed by atoms with Crippen LogP contribution in [0.25, 0.3) is 0 Å². The van der Waals surface area contributed by atoms with Crippen molar-refractivity contribution >= 4 is 11.3 Å². The third-order valence-electron chi connectivity index (χ3n) is 3.88. The van der Waals surface area contributed by atoms with Gasteiger partial charge in [-0.15, -0.1) is 11.3 Å². The summed E-state index contributed by atoms with van der Waals surface area (Å²) in [6, 6.07) is 2.75. The zero-order valence-electron chi connectivity index (χ0n) is 11.1. The van der Waals surface area contributed by atoms with Crippen LogP contribution in [0.15, 0.2) is 11.4 Å². The third kappa shape index (κ3) is 2.90. The molecule has 1 heterocycles. The van der Waals surface area contributed by atoms with Gasteiger partial charge >= 0.3 is 0 Å². The van der Waals surface area contributed by atoms with E-state index in [1.165, 1.54) is 29.7 Å². The van der Waals surface area contributed by atoms with Gasteiger partial charge in [-0.25, -0.2) is 0 Å². The molecular weight excluding hydrogens is 230 g/mol. The number of methoxy groups -OCH3 is 1. The van der Waals surface area contributed by atoms with Crippen molar-refractivity contribution in [1.29, 1.82) is 0 Å². The molecule has 17 heavy (non-hydrogen) atoms. The first-order valence-corrected chi connectivity index (χ1v) is 7.40. The minimum atomic E-state index is 0.142. The van der Waals surface area contributed by atoms with Gasteiger partial charge in [0.25, 0.3) is 0 Å². The van der Waals surface area contributed by atoms with Crippen molar-refractivity contribution in [2.45, 2.75) is 51.2 Å². The number of ether oxygens (including phenoxy) is 1. The fraction of sp³-hybridized carbons (Fsp3) is 0.714. The summed E-state index contributed by atoms with van der Waals surface area (Å²) in [6.45, 7) is 5.36. The molecule has 1 unspecified atom stereocenters. The zero-order chi connectivity index (χ0) is 12.3. The molecule has 2 rings (SSSR count). The van der Waals surface area contributed by atoms with Crippen molar-refractivity contribution in [2.75, 3.05) is 13.7 Å². The fourth-order valence-corrected chi connectivity index (χ4v) is 3.39. The number of rotatable bonds is 6. The van der Waals surface area contributed by atoms with Crippen molar-refractivity contribution < 1.29 is 4.74 Å². The van der Waals surface area contributed by atoms with Gasteiger partial charge in [0.2, 0.25) is 0 Å². The van der Waals surface area contributed by atoms with E-state index in [1.54, 1.807) is 0 Å². The Morgan fingerprint density at radius 1 is 1.53 bits per heavy atom. The molecule has 1 fully saturated rings. The normalized spacial score (nSPS) is 19.9. The van der Waals surface area contributed by atoms with Gasteiger partial charge in [0.1, 0.15) is 0 Å². The Kier molecular flexibility index (Phi) is 4.23. The smallest absolute Gasteiger partial charge is 0.0697 e. The molecule has 1 N–H and O–H groups in total. The number of thiophene rings is 1. The summed E-state index contributed by atoms with van der Waals surface area (Å²) in [7, 11) is 1.86. The summed E-state index contributed by atoms with van der Waals surface area (Å²) < 4.78 is 5.74. The van der Waals surface area contributed by atoms with E-state index >= 15 is 0 Å². The summed E-state index contributed by atoms with van der Waals surface area (Å²) in [5, 5.41) is 5.88. The van der Waals surface area contributed by atoms with Gasteiger partial charge in [-0.2, -0.15) is 0 Å². The predicted molar refractivity (Wildman–Crippen MR) is 73.7 cm³/mol. The summed E-state index contributed by atoms with van der Waals surface area (Å²) in [5.41, 5.74) is 1.57. The second-order valence-electron chi connectivity index (χ2n) is 5.05. The standard InChI is InChI=1S/C14H23NOS/c1-4-15-13(12-8-11(2)17-10-12)9-14(16-3)6-5-7-14/h8,10,13,15H,4-7,9H2,1-3H3. The highest BCUT2D eigenvalue weighted by Gasteiger charge is 2.39. The number of hydrogen-bond donors (Lipinski definition) is 1. The van der Waals surface area contributed by atoms with Crippen molar-refractivity contribution in [3.63, 3.8) is 0 Å². The molecule has 1 saturated carbocycles. The van der Waals surface area contributed by atoms with Crippen LogP contribution in [0.2, 0.25) is 0 Å². The molecule has 0 amide bonds. The Morgan fingerprint density at radius 3 is 2.71 bits per heavy atom. The predicted octanol–water partition coefficient (Wildman–Crippen LogP) is 3.67. The maximum Gasteiger partial charge on any atom is 0.0697 e. The van der Waals surface area contributed by atoms with Crippen LogP contribution < -0.4 is 5.32 Å². The summed E-state index contributed by atoms with van der Waals surface area (Å²) in [4.78, 5) is 1.39. The van der Waals surface area contributed by atoms with Crippen LogP contribution >= 0.6 is 11.3 Å². The molecule has 96 valence electrons. The summed E-state index contributed by atoms with van der Waals surface area (Å²) >= 11 is 1.84. The van der Waals surface area contributed by atoms with E-state index in [4.69, 9.17) is 4.74 Å². The largest absolute Gasteiger partial charge is 0.378 e. The Bertz CT molecular complexity index is 351. The lowest BCUT2D eigenvalue weighted by Crippen LogP contribution is -2.42. The van der Waals surface area contributed by atoms with E-state index in [-0.39, 0.29) is 5.60 Å². The minimum absolute atomic E-state index is 0.142. The van der Waals surface area contributed by atoms with Crippen molar-refractivity contribution in [1.82, 2.24) is 5.32 Å². The average molecular weight is 253 g/mol. The van der Waals surface area contributed by atoms with Crippen LogP contribution in [-0.4, -0.2) is 19.3 Å². The lowest BCUT2D eigenvalue weighted by atomic mass is 9.75. The molecule has 1 aromatic heterocycles. The summed E-state index contributed by atoms with van der Waals surface area (Å²) in [5.74, 6) is 0. The van der Waals surface area contributed by atoms with Crippen LogP contribution in [0.3, 0.4) is 0 Å². The van der Waals surface area contributed by atoms with Crippen LogP contribution in [0.5, 0.6) is 0 Å². The molecular formula is C14H23NOS. The number of hydrogen-bond acceptors (Lipinski definition) is 3. The first-order valence-electron chi connectivity index (χ1n) is 6.53. The van der Waals surface area contributed by atoms with Crippen LogP contribution in [0.4, 0.5) is 0 Å². The molecule has 0 saturated heterocycles. The molecule has 3 heteroatoms. The number of aryl methyl sites for hydroxylation is 1. The van der Waals surface area contributed by atoms with Crippen LogP contribution in [-0.2, 0) is 4.74 Å². The lowest BCUT2D eigenvalue weighted by molar-refractivity contribution is -0.0837. The van der Waals surface area contributed by atoms with Gasteiger partial charge in [-0.1, -0.05) is 6.92 Å². The minimum Gasteiger partial charge on any atom is -0.378 e. The Balaban J connectivity index is 2.06. The maximum atomic E-state index is 5.74. The maximum absolute atomic E-state index is 5.74. The van der Waals surface area contributed by atoms with Gasteiger partial charge in [0.15, 0.2) is 0 Å². The SMILES string of the molecule is CCNC(CC1(OC)CCC1)c1csc(C)c1. The molecule has 1 aliphatic rings. The molecule has 0 bridgehead atoms. The number of nitrogens with one attached hydrogen (secondary N) is 1. The molecule has 1 aromatic rings. The highest BCUT2D eigenvalue weighted by Crippen LogP contribution is 2.42. The highest BCUT2D eigenvalue weighted by molar-refractivity contribution is 7.10. The van der Waals surface area contributed by atoms with E-state index in [1.807, 2.05) is 18.4 Å². The quantitative estimate of drug-likeness (QED) is 0.835. The van der Waals surface area contributed by atoms with Gasteiger partial charge < -0.3 is 10.1 Å². The Labute approximate surface area is 108 Å². The van der Waals surface area contributed by atoms with Gasteiger partial charge in [0, 0.05) is 18.0 Å².